The van der Waals surface area contributed by atoms with E-state index in [2.05, 4.69) is 5.32 Å². The van der Waals surface area contributed by atoms with Crippen molar-refractivity contribution in [3.8, 4) is 0 Å². The third kappa shape index (κ3) is 4.15. The van der Waals surface area contributed by atoms with Crippen LogP contribution in [0.5, 0.6) is 0 Å². The fourth-order valence-corrected chi connectivity index (χ4v) is 1.87. The van der Waals surface area contributed by atoms with Crippen LogP contribution in [0, 0.1) is 5.92 Å². The van der Waals surface area contributed by atoms with Crippen LogP contribution >= 0.6 is 0 Å². The lowest BCUT2D eigenvalue weighted by atomic mass is 9.97. The molecule has 0 aromatic carbocycles. The summed E-state index contributed by atoms with van der Waals surface area (Å²) >= 11 is 0. The molecule has 7 heteroatoms. The van der Waals surface area contributed by atoms with E-state index in [1.54, 1.807) is 0 Å². The minimum atomic E-state index is -1.33. The number of primary amides is 1. The molecule has 1 heterocycles. The molecule has 5 N–H and O–H groups in total. The second-order valence-electron chi connectivity index (χ2n) is 5.00. The number of nitrogens with one attached hydrogen (secondary N) is 1. The summed E-state index contributed by atoms with van der Waals surface area (Å²) in [5, 5.41) is 21.0. The summed E-state index contributed by atoms with van der Waals surface area (Å²) in [7, 11) is 0. The summed E-state index contributed by atoms with van der Waals surface area (Å²) in [5.41, 5.74) is 3.85. The number of hydrogen-bond acceptors (Lipinski definition) is 4. The first-order valence-electron chi connectivity index (χ1n) is 6.01. The molecule has 0 spiro atoms. The van der Waals surface area contributed by atoms with Gasteiger partial charge >= 0.3 is 6.03 Å². The molecule has 1 aliphatic rings. The third-order valence-electron chi connectivity index (χ3n) is 3.09. The number of nitrogens with zero attached hydrogens (tertiary/aromatic N) is 1. The SMILES string of the molecule is CC(O)(CO)CNC(=O)C1CCCN(C(N)=O)C1. The van der Waals surface area contributed by atoms with Crippen LogP contribution < -0.4 is 11.1 Å². The zero-order valence-electron chi connectivity index (χ0n) is 10.6. The first-order chi connectivity index (χ1) is 8.35. The number of rotatable bonds is 4. The van der Waals surface area contributed by atoms with Gasteiger partial charge in [0.15, 0.2) is 0 Å². The van der Waals surface area contributed by atoms with Gasteiger partial charge in [0.2, 0.25) is 5.91 Å². The molecule has 0 aromatic rings. The minimum absolute atomic E-state index is 0.0184. The quantitative estimate of drug-likeness (QED) is 0.499. The molecule has 0 aliphatic carbocycles. The highest BCUT2D eigenvalue weighted by molar-refractivity contribution is 5.80. The van der Waals surface area contributed by atoms with Gasteiger partial charge in [-0.05, 0) is 19.8 Å². The number of nitrogens with two attached hydrogens (primary N) is 1. The fourth-order valence-electron chi connectivity index (χ4n) is 1.87. The molecule has 0 radical (unpaired) electrons. The molecule has 7 nitrogen and oxygen atoms in total. The van der Waals surface area contributed by atoms with Gasteiger partial charge in [0.25, 0.3) is 0 Å². The molecule has 104 valence electrons. The van der Waals surface area contributed by atoms with E-state index in [9.17, 15) is 14.7 Å². The van der Waals surface area contributed by atoms with Crippen LogP contribution in [0.25, 0.3) is 0 Å². The number of carbonyl (C=O) groups excluding carboxylic acids is 2. The Bertz CT molecular complexity index is 319. The van der Waals surface area contributed by atoms with Crippen molar-refractivity contribution >= 4 is 11.9 Å². The van der Waals surface area contributed by atoms with Gasteiger partial charge in [-0.1, -0.05) is 0 Å². The van der Waals surface area contributed by atoms with Gasteiger partial charge in [0, 0.05) is 19.6 Å². The van der Waals surface area contributed by atoms with Crippen LogP contribution in [0.2, 0.25) is 0 Å². The van der Waals surface area contributed by atoms with Crippen molar-refractivity contribution < 1.29 is 19.8 Å². The molecular formula is C11H21N3O4. The first kappa shape index (κ1) is 14.7. The minimum Gasteiger partial charge on any atom is -0.393 e. The summed E-state index contributed by atoms with van der Waals surface area (Å²) in [6.45, 7) is 1.88. The molecule has 1 saturated heterocycles. The topological polar surface area (TPSA) is 116 Å². The molecule has 18 heavy (non-hydrogen) atoms. The number of aliphatic hydroxyl groups is 2. The third-order valence-corrected chi connectivity index (χ3v) is 3.09. The van der Waals surface area contributed by atoms with Gasteiger partial charge in [-0.3, -0.25) is 4.79 Å². The van der Waals surface area contributed by atoms with Gasteiger partial charge in [0.1, 0.15) is 5.60 Å². The Morgan fingerprint density at radius 3 is 2.78 bits per heavy atom. The zero-order chi connectivity index (χ0) is 13.8. The molecule has 0 bridgehead atoms. The number of urea groups is 1. The number of likely N-dealkylation sites (tertiary alicyclic amines) is 1. The maximum atomic E-state index is 11.8. The van der Waals surface area contributed by atoms with Gasteiger partial charge in [0.05, 0.1) is 12.5 Å². The lowest BCUT2D eigenvalue weighted by molar-refractivity contribution is -0.127. The standard InChI is InChI=1S/C11H21N3O4/c1-11(18,7-15)6-13-9(16)8-3-2-4-14(5-8)10(12)17/h8,15,18H,2-7H2,1H3,(H2,12,17)(H,13,16). The lowest BCUT2D eigenvalue weighted by Gasteiger charge is -2.31. The van der Waals surface area contributed by atoms with Crippen molar-refractivity contribution in [2.24, 2.45) is 11.7 Å². The summed E-state index contributed by atoms with van der Waals surface area (Å²) in [5.74, 6) is -0.532. The van der Waals surface area contributed by atoms with Crippen molar-refractivity contribution in [1.82, 2.24) is 10.2 Å². The smallest absolute Gasteiger partial charge is 0.314 e. The predicted molar refractivity (Wildman–Crippen MR) is 64.6 cm³/mol. The Morgan fingerprint density at radius 2 is 2.22 bits per heavy atom. The number of aliphatic hydroxyl groups excluding tert-OH is 1. The molecule has 1 fully saturated rings. The van der Waals surface area contributed by atoms with Crippen molar-refractivity contribution in [3.63, 3.8) is 0 Å². The van der Waals surface area contributed by atoms with Crippen molar-refractivity contribution in [2.75, 3.05) is 26.2 Å². The number of carbonyl (C=O) groups is 2. The van der Waals surface area contributed by atoms with Crippen LogP contribution in [0.1, 0.15) is 19.8 Å². The highest BCUT2D eigenvalue weighted by atomic mass is 16.3. The second-order valence-corrected chi connectivity index (χ2v) is 5.00. The first-order valence-corrected chi connectivity index (χ1v) is 6.01. The lowest BCUT2D eigenvalue weighted by Crippen LogP contribution is -2.50. The number of hydrogen-bond donors (Lipinski definition) is 4. The van der Waals surface area contributed by atoms with Crippen LogP contribution in [0.3, 0.4) is 0 Å². The zero-order valence-corrected chi connectivity index (χ0v) is 10.6. The van der Waals surface area contributed by atoms with Crippen LogP contribution in [0.15, 0.2) is 0 Å². The van der Waals surface area contributed by atoms with E-state index in [4.69, 9.17) is 10.8 Å². The Balaban J connectivity index is 2.44. The van der Waals surface area contributed by atoms with Gasteiger partial charge in [-0.25, -0.2) is 4.79 Å². The molecule has 3 amide bonds. The average Bonchev–Trinajstić information content (AvgIpc) is 2.36. The van der Waals surface area contributed by atoms with Crippen LogP contribution in [-0.4, -0.2) is 58.9 Å². The summed E-state index contributed by atoms with van der Waals surface area (Å²) in [6, 6.07) is -0.519. The van der Waals surface area contributed by atoms with E-state index >= 15 is 0 Å². The molecule has 1 rings (SSSR count). The van der Waals surface area contributed by atoms with Gasteiger partial charge in [-0.15, -0.1) is 0 Å². The normalized spacial score (nSPS) is 23.3. The maximum absolute atomic E-state index is 11.8. The highest BCUT2D eigenvalue weighted by Gasteiger charge is 2.28. The van der Waals surface area contributed by atoms with E-state index in [0.717, 1.165) is 6.42 Å². The second kappa shape index (κ2) is 6.01. The Morgan fingerprint density at radius 1 is 1.56 bits per heavy atom. The Kier molecular flexibility index (Phi) is 4.92. The molecule has 0 saturated carbocycles. The van der Waals surface area contributed by atoms with E-state index < -0.39 is 18.2 Å². The van der Waals surface area contributed by atoms with E-state index in [-0.39, 0.29) is 18.4 Å². The van der Waals surface area contributed by atoms with Crippen molar-refractivity contribution in [2.45, 2.75) is 25.4 Å². The number of amides is 3. The molecular weight excluding hydrogens is 238 g/mol. The predicted octanol–water partition coefficient (Wildman–Crippen LogP) is -1.36. The van der Waals surface area contributed by atoms with E-state index in [0.29, 0.717) is 19.5 Å². The molecule has 2 atom stereocenters. The maximum Gasteiger partial charge on any atom is 0.314 e. The van der Waals surface area contributed by atoms with E-state index in [1.165, 1.54) is 11.8 Å². The van der Waals surface area contributed by atoms with Crippen LogP contribution in [0.4, 0.5) is 4.79 Å². The van der Waals surface area contributed by atoms with Crippen LogP contribution in [-0.2, 0) is 4.79 Å². The van der Waals surface area contributed by atoms with Gasteiger partial charge < -0.3 is 26.2 Å². The monoisotopic (exact) mass is 259 g/mol. The fraction of sp³-hybridized carbons (Fsp3) is 0.818. The molecule has 1 aliphatic heterocycles. The van der Waals surface area contributed by atoms with Gasteiger partial charge in [-0.2, -0.15) is 0 Å². The Labute approximate surface area is 106 Å². The molecule has 2 unspecified atom stereocenters. The highest BCUT2D eigenvalue weighted by Crippen LogP contribution is 2.16. The number of piperidine rings is 1. The summed E-state index contributed by atoms with van der Waals surface area (Å²) in [4.78, 5) is 24.3. The summed E-state index contributed by atoms with van der Waals surface area (Å²) < 4.78 is 0. The summed E-state index contributed by atoms with van der Waals surface area (Å²) in [6.07, 6.45) is 1.42. The largest absolute Gasteiger partial charge is 0.393 e. The van der Waals surface area contributed by atoms with Crippen molar-refractivity contribution in [1.29, 1.82) is 0 Å². The molecule has 0 aromatic heterocycles. The average molecular weight is 259 g/mol. The van der Waals surface area contributed by atoms with E-state index in [1.807, 2.05) is 0 Å². The van der Waals surface area contributed by atoms with Crippen molar-refractivity contribution in [3.05, 3.63) is 0 Å². The Hall–Kier alpha value is -1.34.